The van der Waals surface area contributed by atoms with Crippen LogP contribution in [0.5, 0.6) is 5.75 Å². The molecule has 1 atom stereocenters. The van der Waals surface area contributed by atoms with E-state index in [4.69, 9.17) is 10.5 Å². The number of ether oxygens (including phenoxy) is 1. The van der Waals surface area contributed by atoms with Crippen LogP contribution >= 0.6 is 0 Å². The predicted molar refractivity (Wildman–Crippen MR) is 58.3 cm³/mol. The number of hydrogen-bond donors (Lipinski definition) is 1. The molecule has 0 unspecified atom stereocenters. The molecule has 0 bridgehead atoms. The van der Waals surface area contributed by atoms with Crippen molar-refractivity contribution in [3.8, 4) is 5.75 Å². The zero-order valence-corrected chi connectivity index (χ0v) is 9.81. The topological polar surface area (TPSA) is 35.2 Å². The van der Waals surface area contributed by atoms with E-state index in [1.54, 1.807) is 0 Å². The zero-order chi connectivity index (χ0) is 14.3. The van der Waals surface area contributed by atoms with E-state index in [0.717, 1.165) is 12.1 Å². The first-order valence-electron chi connectivity index (χ1n) is 5.59. The Hall–Kier alpha value is -1.37. The number of hydrogen-bond acceptors (Lipinski definition) is 2. The van der Waals surface area contributed by atoms with E-state index in [1.165, 1.54) is 6.07 Å². The minimum Gasteiger partial charge on any atom is -0.481 e. The maximum atomic E-state index is 12.9. The SMILES string of the molecule is N[C@@H]1CC(CF)(CF)Oc2cc(C(F)(F)F)ccc21. The second-order valence-corrected chi connectivity index (χ2v) is 4.61. The number of rotatable bonds is 2. The van der Waals surface area contributed by atoms with Crippen LogP contribution < -0.4 is 10.5 Å². The fourth-order valence-corrected chi connectivity index (χ4v) is 2.09. The van der Waals surface area contributed by atoms with Gasteiger partial charge in [0, 0.05) is 18.0 Å². The van der Waals surface area contributed by atoms with Crippen molar-refractivity contribution in [1.82, 2.24) is 0 Å². The Labute approximate surface area is 106 Å². The summed E-state index contributed by atoms with van der Waals surface area (Å²) in [7, 11) is 0. The molecule has 2 N–H and O–H groups in total. The molecule has 1 aliphatic heterocycles. The van der Waals surface area contributed by atoms with E-state index in [0.29, 0.717) is 5.56 Å². The van der Waals surface area contributed by atoms with E-state index in [1.807, 2.05) is 0 Å². The van der Waals surface area contributed by atoms with Crippen molar-refractivity contribution in [2.24, 2.45) is 5.73 Å². The highest BCUT2D eigenvalue weighted by Gasteiger charge is 2.42. The highest BCUT2D eigenvalue weighted by Crippen LogP contribution is 2.42. The molecular weight excluding hydrogens is 269 g/mol. The van der Waals surface area contributed by atoms with Gasteiger partial charge in [0.1, 0.15) is 19.1 Å². The number of nitrogens with two attached hydrogens (primary N) is 1. The van der Waals surface area contributed by atoms with E-state index in [-0.39, 0.29) is 12.2 Å². The van der Waals surface area contributed by atoms with Gasteiger partial charge >= 0.3 is 6.18 Å². The van der Waals surface area contributed by atoms with Gasteiger partial charge in [-0.05, 0) is 12.1 Å². The van der Waals surface area contributed by atoms with Gasteiger partial charge < -0.3 is 10.5 Å². The molecule has 2 nitrogen and oxygen atoms in total. The van der Waals surface area contributed by atoms with Crippen LogP contribution in [-0.2, 0) is 6.18 Å². The molecule has 0 aromatic heterocycles. The van der Waals surface area contributed by atoms with Gasteiger partial charge in [0.2, 0.25) is 0 Å². The summed E-state index contributed by atoms with van der Waals surface area (Å²) in [6.07, 6.45) is -4.66. The van der Waals surface area contributed by atoms with Gasteiger partial charge in [0.15, 0.2) is 5.60 Å². The molecule has 0 amide bonds. The molecule has 106 valence electrons. The molecule has 0 saturated carbocycles. The first-order valence-corrected chi connectivity index (χ1v) is 5.59. The molecule has 0 spiro atoms. The third-order valence-corrected chi connectivity index (χ3v) is 3.15. The molecule has 1 aromatic rings. The maximum absolute atomic E-state index is 12.9. The monoisotopic (exact) mass is 281 g/mol. The largest absolute Gasteiger partial charge is 0.481 e. The summed E-state index contributed by atoms with van der Waals surface area (Å²) in [5.74, 6) is -0.205. The van der Waals surface area contributed by atoms with E-state index in [2.05, 4.69) is 0 Å². The Bertz CT molecular complexity index is 470. The number of benzene rings is 1. The van der Waals surface area contributed by atoms with Gasteiger partial charge in [0.05, 0.1) is 5.56 Å². The van der Waals surface area contributed by atoms with Gasteiger partial charge in [-0.1, -0.05) is 6.07 Å². The summed E-state index contributed by atoms with van der Waals surface area (Å²) in [5, 5.41) is 0. The number of alkyl halides is 5. The van der Waals surface area contributed by atoms with Gasteiger partial charge in [-0.3, -0.25) is 0 Å². The van der Waals surface area contributed by atoms with Crippen molar-refractivity contribution >= 4 is 0 Å². The lowest BCUT2D eigenvalue weighted by molar-refractivity contribution is -0.137. The Kier molecular flexibility index (Phi) is 3.42. The summed E-state index contributed by atoms with van der Waals surface area (Å²) in [6, 6.07) is 2.04. The molecular formula is C12H12F5NO. The second kappa shape index (κ2) is 4.63. The first-order chi connectivity index (χ1) is 8.81. The molecule has 1 aromatic carbocycles. The van der Waals surface area contributed by atoms with Crippen LogP contribution in [0.2, 0.25) is 0 Å². The quantitative estimate of drug-likeness (QED) is 0.845. The Morgan fingerprint density at radius 1 is 1.26 bits per heavy atom. The van der Waals surface area contributed by atoms with Gasteiger partial charge in [0.25, 0.3) is 0 Å². The van der Waals surface area contributed by atoms with Crippen LogP contribution in [0.15, 0.2) is 18.2 Å². The fourth-order valence-electron chi connectivity index (χ4n) is 2.09. The van der Waals surface area contributed by atoms with Crippen LogP contribution in [0, 0.1) is 0 Å². The van der Waals surface area contributed by atoms with Crippen molar-refractivity contribution in [3.05, 3.63) is 29.3 Å². The highest BCUT2D eigenvalue weighted by atomic mass is 19.4. The summed E-state index contributed by atoms with van der Waals surface area (Å²) in [6.45, 7) is -2.29. The Morgan fingerprint density at radius 2 is 1.89 bits per heavy atom. The average molecular weight is 281 g/mol. The van der Waals surface area contributed by atoms with Crippen LogP contribution in [0.4, 0.5) is 22.0 Å². The van der Waals surface area contributed by atoms with Crippen LogP contribution in [0.3, 0.4) is 0 Å². The standard InChI is InChI=1S/C12H12F5NO/c13-5-11(6-14)4-9(18)8-2-1-7(12(15,16)17)3-10(8)19-11/h1-3,9H,4-6,18H2/t9-/m1/s1. The molecule has 0 fully saturated rings. The second-order valence-electron chi connectivity index (χ2n) is 4.61. The molecule has 19 heavy (non-hydrogen) atoms. The third-order valence-electron chi connectivity index (χ3n) is 3.15. The molecule has 1 heterocycles. The minimum absolute atomic E-state index is 0.113. The minimum atomic E-state index is -4.55. The summed E-state index contributed by atoms with van der Waals surface area (Å²) >= 11 is 0. The normalized spacial score (nSPS) is 21.7. The fraction of sp³-hybridized carbons (Fsp3) is 0.500. The maximum Gasteiger partial charge on any atom is 0.416 e. The molecule has 7 heteroatoms. The smallest absolute Gasteiger partial charge is 0.416 e. The number of halogens is 5. The van der Waals surface area contributed by atoms with Crippen LogP contribution in [-0.4, -0.2) is 19.0 Å². The highest BCUT2D eigenvalue weighted by molar-refractivity contribution is 5.43. The van der Waals surface area contributed by atoms with Crippen molar-refractivity contribution < 1.29 is 26.7 Å². The summed E-state index contributed by atoms with van der Waals surface area (Å²) < 4.78 is 68.6. The number of fused-ring (bicyclic) bond motifs is 1. The van der Waals surface area contributed by atoms with Crippen LogP contribution in [0.25, 0.3) is 0 Å². The van der Waals surface area contributed by atoms with Gasteiger partial charge in [-0.15, -0.1) is 0 Å². The Balaban J connectivity index is 2.44. The first kappa shape index (κ1) is 14.0. The Morgan fingerprint density at radius 3 is 2.42 bits per heavy atom. The summed E-state index contributed by atoms with van der Waals surface area (Å²) in [4.78, 5) is 0. The molecule has 2 rings (SSSR count). The van der Waals surface area contributed by atoms with E-state index >= 15 is 0 Å². The van der Waals surface area contributed by atoms with Gasteiger partial charge in [-0.2, -0.15) is 13.2 Å². The van der Waals surface area contributed by atoms with Gasteiger partial charge in [-0.25, -0.2) is 8.78 Å². The van der Waals surface area contributed by atoms with E-state index in [9.17, 15) is 22.0 Å². The van der Waals surface area contributed by atoms with Crippen molar-refractivity contribution in [1.29, 1.82) is 0 Å². The van der Waals surface area contributed by atoms with Crippen molar-refractivity contribution in [2.45, 2.75) is 24.2 Å². The zero-order valence-electron chi connectivity index (χ0n) is 9.81. The van der Waals surface area contributed by atoms with Crippen molar-refractivity contribution in [3.63, 3.8) is 0 Å². The van der Waals surface area contributed by atoms with E-state index < -0.39 is 36.7 Å². The molecule has 1 aliphatic rings. The molecule has 0 saturated heterocycles. The lowest BCUT2D eigenvalue weighted by atomic mass is 9.88. The predicted octanol–water partition coefficient (Wildman–Crippen LogP) is 3.17. The lowest BCUT2D eigenvalue weighted by Crippen LogP contribution is -2.47. The van der Waals surface area contributed by atoms with Crippen LogP contribution in [0.1, 0.15) is 23.6 Å². The summed E-state index contributed by atoms with van der Waals surface area (Å²) in [5.41, 5.74) is 3.34. The third kappa shape index (κ3) is 2.51. The lowest BCUT2D eigenvalue weighted by Gasteiger charge is -2.37. The molecule has 0 aliphatic carbocycles. The average Bonchev–Trinajstić information content (AvgIpc) is 2.36. The van der Waals surface area contributed by atoms with Crippen molar-refractivity contribution in [2.75, 3.05) is 13.3 Å². The molecule has 0 radical (unpaired) electrons.